The lowest BCUT2D eigenvalue weighted by Gasteiger charge is -2.43. The highest BCUT2D eigenvalue weighted by Crippen LogP contribution is 2.44. The normalized spacial score (nSPS) is 41.3. The van der Waals surface area contributed by atoms with Gasteiger partial charge in [0.25, 0.3) is 0 Å². The molecule has 0 aromatic heterocycles. The molecule has 0 heterocycles. The lowest BCUT2D eigenvalue weighted by Crippen LogP contribution is -2.51. The van der Waals surface area contributed by atoms with E-state index < -0.39 is 48.7 Å². The number of rotatable bonds is 9. The average Bonchev–Trinajstić information content (AvgIpc) is 2.63. The van der Waals surface area contributed by atoms with Crippen molar-refractivity contribution in [3.8, 4) is 0 Å². The van der Waals surface area contributed by atoms with Gasteiger partial charge in [-0.15, -0.1) is 0 Å². The molecule has 8 atom stereocenters. The van der Waals surface area contributed by atoms with Gasteiger partial charge in [0.15, 0.2) is 12.3 Å². The van der Waals surface area contributed by atoms with E-state index >= 15 is 0 Å². The van der Waals surface area contributed by atoms with Crippen molar-refractivity contribution in [3.63, 3.8) is 0 Å². The van der Waals surface area contributed by atoms with E-state index in [-0.39, 0.29) is 0 Å². The van der Waals surface area contributed by atoms with E-state index in [9.17, 15) is 17.6 Å². The number of ether oxygens (including phenoxy) is 2. The van der Waals surface area contributed by atoms with Crippen molar-refractivity contribution in [2.24, 2.45) is 11.8 Å². The number of unbranched alkanes of at least 4 members (excludes halogenated alkanes) is 3. The molecule has 0 radical (unpaired) electrons. The highest BCUT2D eigenvalue weighted by molar-refractivity contribution is 4.98. The van der Waals surface area contributed by atoms with Gasteiger partial charge in [0.1, 0.15) is 12.3 Å². The molecular weight excluding hydrogens is 348 g/mol. The predicted molar refractivity (Wildman–Crippen MR) is 94.3 cm³/mol. The summed E-state index contributed by atoms with van der Waals surface area (Å²) < 4.78 is 68.8. The number of alkyl halides is 4. The van der Waals surface area contributed by atoms with Gasteiger partial charge in [-0.2, -0.15) is 0 Å². The van der Waals surface area contributed by atoms with Crippen molar-refractivity contribution in [1.29, 1.82) is 0 Å². The van der Waals surface area contributed by atoms with Gasteiger partial charge in [-0.05, 0) is 50.9 Å². The Bertz CT molecular complexity index is 398. The Balaban J connectivity index is 1.85. The first kappa shape index (κ1) is 21.9. The predicted octanol–water partition coefficient (Wildman–Crippen LogP) is 5.53. The molecule has 2 saturated carbocycles. The van der Waals surface area contributed by atoms with Crippen LogP contribution >= 0.6 is 0 Å². The van der Waals surface area contributed by atoms with Crippen LogP contribution in [0.15, 0.2) is 0 Å². The van der Waals surface area contributed by atoms with Gasteiger partial charge in [0.2, 0.25) is 0 Å². The summed E-state index contributed by atoms with van der Waals surface area (Å²) in [6.45, 7) is 4.60. The Hall–Kier alpha value is -0.360. The Morgan fingerprint density at radius 1 is 0.654 bits per heavy atom. The first-order valence-corrected chi connectivity index (χ1v) is 10.3. The molecule has 0 aliphatic heterocycles. The van der Waals surface area contributed by atoms with Gasteiger partial charge >= 0.3 is 0 Å². The molecule has 0 saturated heterocycles. The third kappa shape index (κ3) is 5.34. The molecule has 26 heavy (non-hydrogen) atoms. The molecule has 0 N–H and O–H groups in total. The molecule has 2 fully saturated rings. The summed E-state index contributed by atoms with van der Waals surface area (Å²) in [7, 11) is 0. The van der Waals surface area contributed by atoms with Crippen molar-refractivity contribution in [3.05, 3.63) is 0 Å². The third-order valence-corrected chi connectivity index (χ3v) is 5.97. The molecular formula is C20H34F4O2. The zero-order chi connectivity index (χ0) is 19.1. The lowest BCUT2D eigenvalue weighted by atomic mass is 9.69. The summed E-state index contributed by atoms with van der Waals surface area (Å²) in [5.41, 5.74) is 0. The van der Waals surface area contributed by atoms with Crippen LogP contribution in [0.2, 0.25) is 0 Å². The number of hydrogen-bond donors (Lipinski definition) is 0. The van der Waals surface area contributed by atoms with E-state index in [1.807, 2.05) is 0 Å². The molecule has 2 aliphatic rings. The van der Waals surface area contributed by atoms with Crippen molar-refractivity contribution in [1.82, 2.24) is 0 Å². The van der Waals surface area contributed by atoms with E-state index in [0.717, 1.165) is 25.7 Å². The molecule has 2 aliphatic carbocycles. The molecule has 0 aromatic carbocycles. The van der Waals surface area contributed by atoms with Crippen LogP contribution in [0.3, 0.4) is 0 Å². The van der Waals surface area contributed by atoms with Crippen LogP contribution in [0.5, 0.6) is 0 Å². The van der Waals surface area contributed by atoms with E-state index in [1.165, 1.54) is 0 Å². The molecule has 6 heteroatoms. The quantitative estimate of drug-likeness (QED) is 0.386. The summed E-state index contributed by atoms with van der Waals surface area (Å²) in [5, 5.41) is 0. The maximum Gasteiger partial charge on any atom is 0.157 e. The summed E-state index contributed by atoms with van der Waals surface area (Å²) in [4.78, 5) is 0. The van der Waals surface area contributed by atoms with Gasteiger partial charge in [-0.3, -0.25) is 0 Å². The van der Waals surface area contributed by atoms with E-state index in [2.05, 4.69) is 6.92 Å². The molecule has 2 rings (SSSR count). The van der Waals surface area contributed by atoms with Crippen molar-refractivity contribution >= 4 is 0 Å². The minimum atomic E-state index is -1.79. The minimum Gasteiger partial charge on any atom is -0.375 e. The van der Waals surface area contributed by atoms with Gasteiger partial charge < -0.3 is 9.47 Å². The highest BCUT2D eigenvalue weighted by atomic mass is 19.2. The fourth-order valence-electron chi connectivity index (χ4n) is 4.46. The Morgan fingerprint density at radius 3 is 1.69 bits per heavy atom. The van der Waals surface area contributed by atoms with Crippen molar-refractivity contribution < 1.29 is 27.0 Å². The molecule has 0 amide bonds. The molecule has 0 aromatic rings. The third-order valence-electron chi connectivity index (χ3n) is 5.97. The van der Waals surface area contributed by atoms with Crippen LogP contribution in [-0.2, 0) is 9.47 Å². The second-order valence-corrected chi connectivity index (χ2v) is 7.72. The monoisotopic (exact) mass is 382 g/mol. The summed E-state index contributed by atoms with van der Waals surface area (Å²) in [6, 6.07) is 0. The molecule has 0 spiro atoms. The summed E-state index contributed by atoms with van der Waals surface area (Å²) in [5.74, 6) is -1.55. The van der Waals surface area contributed by atoms with Crippen molar-refractivity contribution in [2.75, 3.05) is 13.2 Å². The topological polar surface area (TPSA) is 18.5 Å². The largest absolute Gasteiger partial charge is 0.375 e. The summed E-state index contributed by atoms with van der Waals surface area (Å²) >= 11 is 0. The molecule has 2 nitrogen and oxygen atoms in total. The molecule has 154 valence electrons. The van der Waals surface area contributed by atoms with E-state index in [0.29, 0.717) is 38.9 Å². The maximum atomic E-state index is 14.7. The first-order chi connectivity index (χ1) is 12.5. The second-order valence-electron chi connectivity index (χ2n) is 7.72. The van der Waals surface area contributed by atoms with E-state index in [1.54, 1.807) is 6.92 Å². The van der Waals surface area contributed by atoms with Gasteiger partial charge in [-0.1, -0.05) is 26.2 Å². The van der Waals surface area contributed by atoms with Gasteiger partial charge in [0, 0.05) is 13.2 Å². The smallest absolute Gasteiger partial charge is 0.157 e. The first-order valence-electron chi connectivity index (χ1n) is 10.3. The highest BCUT2D eigenvalue weighted by Gasteiger charge is 2.50. The van der Waals surface area contributed by atoms with Gasteiger partial charge in [-0.25, -0.2) is 17.6 Å². The fraction of sp³-hybridized carbons (Fsp3) is 1.00. The fourth-order valence-corrected chi connectivity index (χ4v) is 4.46. The Labute approximate surface area is 155 Å². The van der Waals surface area contributed by atoms with Crippen LogP contribution in [0.25, 0.3) is 0 Å². The van der Waals surface area contributed by atoms with Crippen LogP contribution in [0.1, 0.15) is 65.2 Å². The van der Waals surface area contributed by atoms with E-state index in [4.69, 9.17) is 9.47 Å². The van der Waals surface area contributed by atoms with Crippen LogP contribution in [0, 0.1) is 11.8 Å². The summed E-state index contributed by atoms with van der Waals surface area (Å²) in [6.07, 6.45) is -3.14. The number of halogens is 4. The van der Waals surface area contributed by atoms with Gasteiger partial charge in [0.05, 0.1) is 12.2 Å². The zero-order valence-electron chi connectivity index (χ0n) is 16.0. The van der Waals surface area contributed by atoms with Crippen molar-refractivity contribution in [2.45, 2.75) is 102 Å². The SMILES string of the molecule is CCCCCCOC1CCC(C2CCC(OCC)C(F)C2F)C(F)C1F. The second kappa shape index (κ2) is 10.8. The lowest BCUT2D eigenvalue weighted by molar-refractivity contribution is -0.121. The zero-order valence-corrected chi connectivity index (χ0v) is 16.0. The Morgan fingerprint density at radius 2 is 1.19 bits per heavy atom. The molecule has 0 bridgehead atoms. The van der Waals surface area contributed by atoms with Crippen LogP contribution in [0.4, 0.5) is 17.6 Å². The Kier molecular flexibility index (Phi) is 9.15. The maximum absolute atomic E-state index is 14.7. The van der Waals surface area contributed by atoms with Crippen LogP contribution < -0.4 is 0 Å². The number of hydrogen-bond acceptors (Lipinski definition) is 2. The van der Waals surface area contributed by atoms with Crippen LogP contribution in [-0.4, -0.2) is 50.1 Å². The minimum absolute atomic E-state index is 0.321. The average molecular weight is 382 g/mol. The standard InChI is InChI=1S/C20H34F4O2/c1-3-5-6-7-12-26-16-11-9-14(18(22)20(16)24)13-8-10-15(25-4-2)19(23)17(13)21/h13-20H,3-12H2,1-2H3. The molecule has 8 unspecified atom stereocenters.